The Bertz CT molecular complexity index is 314. The molecule has 7 heteroatoms. The van der Waals surface area contributed by atoms with Gasteiger partial charge in [0.05, 0.1) is 0 Å². The Labute approximate surface area is 128 Å². The first kappa shape index (κ1) is 14.3. The third-order valence-corrected chi connectivity index (χ3v) is 2.02. The molecule has 0 radical (unpaired) electrons. The van der Waals surface area contributed by atoms with Gasteiger partial charge >= 0.3 is 59.2 Å². The molecule has 2 N–H and O–H groups in total. The van der Waals surface area contributed by atoms with E-state index in [-0.39, 0.29) is 58.6 Å². The van der Waals surface area contributed by atoms with E-state index in [4.69, 9.17) is 9.79 Å². The van der Waals surface area contributed by atoms with E-state index in [1.807, 2.05) is 0 Å². The zero-order chi connectivity index (χ0) is 9.19. The topological polar surface area (TPSA) is 66.8 Å². The van der Waals surface area contributed by atoms with Crippen LogP contribution in [0.1, 0.15) is 1.43 Å². The Morgan fingerprint density at radius 2 is 1.77 bits per heavy atom. The fourth-order valence-electron chi connectivity index (χ4n) is 0.633. The SMILES string of the molecule is O=P(O)(O)Oc1ccc(Br)cc1.[H-].[K+]. The molecule has 0 aliphatic carbocycles. The summed E-state index contributed by atoms with van der Waals surface area (Å²) in [6, 6.07) is 6.18. The molecule has 1 aromatic carbocycles. The minimum absolute atomic E-state index is 0. The predicted octanol–water partition coefficient (Wildman–Crippen LogP) is -0.963. The van der Waals surface area contributed by atoms with Crippen LogP contribution in [0.2, 0.25) is 0 Å². The maximum Gasteiger partial charge on any atom is 1.00 e. The standard InChI is InChI=1S/C6H6BrO4P.K.H/c7-5-1-3-6(4-2-5)11-12(8,9)10;;/h1-4H,(H2,8,9,10);;/q;+1;-1. The van der Waals surface area contributed by atoms with Crippen LogP contribution in [0.25, 0.3) is 0 Å². The monoisotopic (exact) mass is 292 g/mol. The molecule has 0 aliphatic heterocycles. The quantitative estimate of drug-likeness (QED) is 0.544. The minimum Gasteiger partial charge on any atom is -1.00 e. The van der Waals surface area contributed by atoms with Gasteiger partial charge in [0.25, 0.3) is 0 Å². The van der Waals surface area contributed by atoms with Crippen molar-refractivity contribution < 1.29 is 71.7 Å². The van der Waals surface area contributed by atoms with Crippen LogP contribution in [0, 0.1) is 0 Å². The van der Waals surface area contributed by atoms with Crippen LogP contribution in [-0.2, 0) is 4.57 Å². The number of hydrogen-bond donors (Lipinski definition) is 2. The molecule has 13 heavy (non-hydrogen) atoms. The molecule has 0 spiro atoms. The average Bonchev–Trinajstić information content (AvgIpc) is 1.91. The van der Waals surface area contributed by atoms with Gasteiger partial charge in [-0.2, -0.15) is 0 Å². The van der Waals surface area contributed by atoms with Crippen molar-refractivity contribution >= 4 is 23.8 Å². The molecule has 0 heterocycles. The molecule has 0 fully saturated rings. The number of phosphoric acid groups is 1. The first-order valence-electron chi connectivity index (χ1n) is 2.98. The van der Waals surface area contributed by atoms with Crippen molar-refractivity contribution in [3.05, 3.63) is 28.7 Å². The third kappa shape index (κ3) is 6.38. The molecule has 0 bridgehead atoms. The van der Waals surface area contributed by atoms with Crippen LogP contribution in [0.15, 0.2) is 28.7 Å². The van der Waals surface area contributed by atoms with E-state index in [1.54, 1.807) is 12.1 Å². The van der Waals surface area contributed by atoms with Gasteiger partial charge in [-0.25, -0.2) is 4.57 Å². The minimum atomic E-state index is -4.42. The van der Waals surface area contributed by atoms with Gasteiger partial charge in [-0.05, 0) is 24.3 Å². The molecule has 68 valence electrons. The second-order valence-electron chi connectivity index (χ2n) is 2.04. The summed E-state index contributed by atoms with van der Waals surface area (Å²) in [7, 11) is -4.42. The summed E-state index contributed by atoms with van der Waals surface area (Å²) < 4.78 is 15.5. The van der Waals surface area contributed by atoms with Crippen molar-refractivity contribution in [3.8, 4) is 5.75 Å². The summed E-state index contributed by atoms with van der Waals surface area (Å²) >= 11 is 3.18. The molecule has 0 saturated heterocycles. The molecule has 0 unspecified atom stereocenters. The number of benzene rings is 1. The van der Waals surface area contributed by atoms with Crippen LogP contribution < -0.4 is 55.9 Å². The van der Waals surface area contributed by atoms with Gasteiger partial charge in [0.15, 0.2) is 0 Å². The van der Waals surface area contributed by atoms with E-state index in [0.717, 1.165) is 4.47 Å². The summed E-state index contributed by atoms with van der Waals surface area (Å²) in [4.78, 5) is 16.8. The van der Waals surface area contributed by atoms with Gasteiger partial charge in [0.2, 0.25) is 0 Å². The zero-order valence-electron chi connectivity index (χ0n) is 7.85. The Morgan fingerprint density at radius 3 is 2.15 bits per heavy atom. The Kier molecular flexibility index (Phi) is 6.59. The van der Waals surface area contributed by atoms with E-state index in [0.29, 0.717) is 0 Å². The normalized spacial score (nSPS) is 10.4. The number of phosphoric ester groups is 1. The van der Waals surface area contributed by atoms with Crippen LogP contribution in [0.4, 0.5) is 0 Å². The van der Waals surface area contributed by atoms with E-state index < -0.39 is 7.82 Å². The van der Waals surface area contributed by atoms with Gasteiger partial charge in [-0.15, -0.1) is 0 Å². The van der Waals surface area contributed by atoms with Crippen molar-refractivity contribution in [2.24, 2.45) is 0 Å². The van der Waals surface area contributed by atoms with Gasteiger partial charge in [0, 0.05) is 4.47 Å². The summed E-state index contributed by atoms with van der Waals surface area (Å²) in [6.45, 7) is 0. The molecule has 0 aliphatic rings. The Hall–Kier alpha value is 1.29. The summed E-state index contributed by atoms with van der Waals surface area (Å²) in [5.41, 5.74) is 0. The smallest absolute Gasteiger partial charge is 1.00 e. The number of rotatable bonds is 2. The van der Waals surface area contributed by atoms with Crippen molar-refractivity contribution in [2.45, 2.75) is 0 Å². The Morgan fingerprint density at radius 1 is 1.31 bits per heavy atom. The fourth-order valence-corrected chi connectivity index (χ4v) is 1.29. The van der Waals surface area contributed by atoms with Crippen molar-refractivity contribution in [1.82, 2.24) is 0 Å². The molecule has 0 saturated carbocycles. The number of hydrogen-bond acceptors (Lipinski definition) is 2. The molecular weight excluding hydrogens is 286 g/mol. The second kappa shape index (κ2) is 6.00. The maximum absolute atomic E-state index is 10.3. The molecule has 1 rings (SSSR count). The molecule has 0 aromatic heterocycles. The largest absolute Gasteiger partial charge is 1.00 e. The van der Waals surface area contributed by atoms with Gasteiger partial charge in [-0.1, -0.05) is 15.9 Å². The molecular formula is C6H7BrKO4P. The molecule has 0 atom stereocenters. The molecule has 1 aromatic rings. The van der Waals surface area contributed by atoms with E-state index in [2.05, 4.69) is 20.5 Å². The molecule has 0 amide bonds. The van der Waals surface area contributed by atoms with E-state index in [1.165, 1.54) is 12.1 Å². The Balaban J connectivity index is 0. The first-order chi connectivity index (χ1) is 5.47. The van der Waals surface area contributed by atoms with Crippen molar-refractivity contribution in [1.29, 1.82) is 0 Å². The van der Waals surface area contributed by atoms with E-state index in [9.17, 15) is 4.57 Å². The van der Waals surface area contributed by atoms with E-state index >= 15 is 0 Å². The summed E-state index contributed by atoms with van der Waals surface area (Å²) in [5.74, 6) is 0.145. The maximum atomic E-state index is 10.3. The fraction of sp³-hybridized carbons (Fsp3) is 0. The van der Waals surface area contributed by atoms with Crippen LogP contribution in [-0.4, -0.2) is 9.79 Å². The average molecular weight is 293 g/mol. The van der Waals surface area contributed by atoms with Crippen LogP contribution in [0.3, 0.4) is 0 Å². The number of halogens is 1. The first-order valence-corrected chi connectivity index (χ1v) is 5.30. The zero-order valence-corrected chi connectivity index (χ0v) is 12.4. The second-order valence-corrected chi connectivity index (χ2v) is 4.12. The predicted molar refractivity (Wildman–Crippen MR) is 47.9 cm³/mol. The van der Waals surface area contributed by atoms with Gasteiger partial charge in [-0.3, -0.25) is 9.79 Å². The van der Waals surface area contributed by atoms with Crippen LogP contribution >= 0.6 is 23.8 Å². The van der Waals surface area contributed by atoms with Gasteiger partial charge < -0.3 is 5.95 Å². The summed E-state index contributed by atoms with van der Waals surface area (Å²) in [6.07, 6.45) is 0. The third-order valence-electron chi connectivity index (χ3n) is 1.04. The molecule has 4 nitrogen and oxygen atoms in total. The summed E-state index contributed by atoms with van der Waals surface area (Å²) in [5, 5.41) is 0. The van der Waals surface area contributed by atoms with Crippen molar-refractivity contribution in [2.75, 3.05) is 0 Å². The van der Waals surface area contributed by atoms with Crippen molar-refractivity contribution in [3.63, 3.8) is 0 Å². The van der Waals surface area contributed by atoms with Gasteiger partial charge in [0.1, 0.15) is 5.75 Å². The van der Waals surface area contributed by atoms with Crippen LogP contribution in [0.5, 0.6) is 5.75 Å².